The monoisotopic (exact) mass is 445 g/mol. The first kappa shape index (κ1) is 22.1. The number of hydrogen-bond acceptors (Lipinski definition) is 4. The van der Waals surface area contributed by atoms with E-state index in [0.29, 0.717) is 0 Å². The number of allylic oxidation sites excluding steroid dienone is 1. The first-order valence-corrected chi connectivity index (χ1v) is 12.6. The van der Waals surface area contributed by atoms with Crippen molar-refractivity contribution in [1.82, 2.24) is 14.2 Å². The van der Waals surface area contributed by atoms with Gasteiger partial charge in [0.05, 0.1) is 0 Å². The van der Waals surface area contributed by atoms with Crippen LogP contribution in [-0.2, 0) is 9.32 Å². The van der Waals surface area contributed by atoms with Crippen LogP contribution in [0.4, 0.5) is 0 Å². The summed E-state index contributed by atoms with van der Waals surface area (Å²) in [7, 11) is 11.6. The molecule has 0 aromatic carbocycles. The van der Waals surface area contributed by atoms with Crippen molar-refractivity contribution >= 4 is 32.7 Å². The zero-order chi connectivity index (χ0) is 18.1. The van der Waals surface area contributed by atoms with E-state index < -0.39 is 10.2 Å². The quantitative estimate of drug-likeness (QED) is 0.354. The Bertz CT molecular complexity index is 455. The molecule has 0 spiro atoms. The molecular weight excluding hydrogens is 412 g/mol. The van der Waals surface area contributed by atoms with Crippen LogP contribution in [0.3, 0.4) is 0 Å². The standard InChI is InChI=1S/C15H33IN3O2P/c1-12(2)13(15(3,4)14(20)17(5)6)21-22(11,16,18(7)8)19(9)10/h1-11H3. The fourth-order valence-corrected chi connectivity index (χ4v) is 4.67. The van der Waals surface area contributed by atoms with Crippen molar-refractivity contribution in [3.63, 3.8) is 0 Å². The first-order chi connectivity index (χ1) is 9.58. The predicted molar refractivity (Wildman–Crippen MR) is 106 cm³/mol. The molecule has 0 saturated carbocycles. The van der Waals surface area contributed by atoms with Gasteiger partial charge in [0.2, 0.25) is 0 Å². The molecule has 132 valence electrons. The molecule has 1 amide bonds. The Balaban J connectivity index is 6.08. The summed E-state index contributed by atoms with van der Waals surface area (Å²) >= 11 is 2.42. The van der Waals surface area contributed by atoms with Gasteiger partial charge in [0.15, 0.2) is 0 Å². The van der Waals surface area contributed by atoms with Crippen molar-refractivity contribution in [3.05, 3.63) is 11.3 Å². The van der Waals surface area contributed by atoms with E-state index in [1.54, 1.807) is 19.0 Å². The van der Waals surface area contributed by atoms with Crippen LogP contribution in [0.25, 0.3) is 0 Å². The molecule has 0 atom stereocenters. The zero-order valence-electron chi connectivity index (χ0n) is 16.0. The van der Waals surface area contributed by atoms with Crippen LogP contribution in [0.5, 0.6) is 0 Å². The Labute approximate surface area is 149 Å². The van der Waals surface area contributed by atoms with Crippen LogP contribution in [-0.4, -0.2) is 69.1 Å². The number of nitrogens with zero attached hydrogens (tertiary/aromatic N) is 3. The maximum atomic E-state index is 12.6. The third-order valence-corrected chi connectivity index (χ3v) is 14.0. The molecular formula is C15H33IN3O2P. The van der Waals surface area contributed by atoms with E-state index in [9.17, 15) is 4.79 Å². The van der Waals surface area contributed by atoms with Crippen LogP contribution in [0.2, 0.25) is 0 Å². The second-order valence-electron chi connectivity index (χ2n) is 7.16. The average molecular weight is 445 g/mol. The maximum absolute atomic E-state index is 12.6. The molecule has 0 heterocycles. The Hall–Kier alpha value is 0.0900. The molecule has 0 bridgehead atoms. The molecule has 0 unspecified atom stereocenters. The summed E-state index contributed by atoms with van der Waals surface area (Å²) in [6, 6.07) is 0. The molecule has 0 fully saturated rings. The Kier molecular flexibility index (Phi) is 6.94. The third-order valence-electron chi connectivity index (χ3n) is 4.05. The van der Waals surface area contributed by atoms with Gasteiger partial charge in [0, 0.05) is 0 Å². The summed E-state index contributed by atoms with van der Waals surface area (Å²) in [5, 5.41) is 0. The second-order valence-corrected chi connectivity index (χ2v) is 18.1. The summed E-state index contributed by atoms with van der Waals surface area (Å²) in [5.41, 5.74) is 0.315. The molecule has 0 aromatic heterocycles. The Morgan fingerprint density at radius 1 is 1.00 bits per heavy atom. The van der Waals surface area contributed by atoms with Crippen molar-refractivity contribution in [1.29, 1.82) is 0 Å². The van der Waals surface area contributed by atoms with Crippen LogP contribution in [0.1, 0.15) is 27.7 Å². The summed E-state index contributed by atoms with van der Waals surface area (Å²) in [4.78, 5) is 14.3. The van der Waals surface area contributed by atoms with E-state index in [2.05, 4.69) is 38.0 Å². The zero-order valence-corrected chi connectivity index (χ0v) is 19.0. The molecule has 0 aromatic rings. The number of amides is 1. The van der Waals surface area contributed by atoms with Gasteiger partial charge in [-0.15, -0.1) is 0 Å². The fourth-order valence-electron chi connectivity index (χ4n) is 2.22. The van der Waals surface area contributed by atoms with E-state index in [4.69, 9.17) is 4.52 Å². The number of rotatable bonds is 6. The Morgan fingerprint density at radius 3 is 1.59 bits per heavy atom. The molecule has 0 aliphatic carbocycles. The summed E-state index contributed by atoms with van der Waals surface area (Å²) in [6.45, 7) is 9.98. The molecule has 0 saturated heterocycles. The van der Waals surface area contributed by atoms with Crippen molar-refractivity contribution in [2.45, 2.75) is 27.7 Å². The van der Waals surface area contributed by atoms with Crippen LogP contribution in [0.15, 0.2) is 11.3 Å². The van der Waals surface area contributed by atoms with Gasteiger partial charge in [-0.1, -0.05) is 0 Å². The van der Waals surface area contributed by atoms with Gasteiger partial charge in [-0.25, -0.2) is 0 Å². The summed E-state index contributed by atoms with van der Waals surface area (Å²) in [5.74, 6) is 0.791. The van der Waals surface area contributed by atoms with E-state index in [-0.39, 0.29) is 5.91 Å². The van der Waals surface area contributed by atoms with Gasteiger partial charge in [-0.05, 0) is 0 Å². The van der Waals surface area contributed by atoms with Crippen LogP contribution in [0, 0.1) is 5.41 Å². The number of halogens is 1. The normalized spacial score (nSPS) is 14.5. The van der Waals surface area contributed by atoms with Gasteiger partial charge in [0.1, 0.15) is 0 Å². The molecule has 0 aliphatic heterocycles. The fraction of sp³-hybridized carbons (Fsp3) is 0.800. The minimum absolute atomic E-state index is 0.0381. The van der Waals surface area contributed by atoms with Gasteiger partial charge in [-0.3, -0.25) is 0 Å². The van der Waals surface area contributed by atoms with Gasteiger partial charge >= 0.3 is 150 Å². The minimum atomic E-state index is -2.80. The van der Waals surface area contributed by atoms with Gasteiger partial charge in [0.25, 0.3) is 0 Å². The van der Waals surface area contributed by atoms with Crippen molar-refractivity contribution < 1.29 is 9.32 Å². The number of carbonyl (C=O) groups is 1. The molecule has 5 nitrogen and oxygen atoms in total. The SMILES string of the molecule is CC(C)=C(OP(C)(I)(N(C)C)N(C)C)C(C)(C)C(=O)N(C)C. The predicted octanol–water partition coefficient (Wildman–Crippen LogP) is 3.81. The van der Waals surface area contributed by atoms with E-state index >= 15 is 0 Å². The third kappa shape index (κ3) is 4.13. The van der Waals surface area contributed by atoms with E-state index in [1.807, 2.05) is 55.9 Å². The van der Waals surface area contributed by atoms with Gasteiger partial charge < -0.3 is 0 Å². The van der Waals surface area contributed by atoms with Crippen molar-refractivity contribution in [3.8, 4) is 0 Å². The van der Waals surface area contributed by atoms with Crippen molar-refractivity contribution in [2.24, 2.45) is 5.41 Å². The number of hydrogen-bond donors (Lipinski definition) is 0. The van der Waals surface area contributed by atoms with Crippen LogP contribution >= 0.6 is 26.8 Å². The van der Waals surface area contributed by atoms with E-state index in [1.165, 1.54) is 0 Å². The summed E-state index contributed by atoms with van der Waals surface area (Å²) < 4.78 is 8.11. The second kappa shape index (κ2) is 6.91. The van der Waals surface area contributed by atoms with Crippen LogP contribution < -0.4 is 0 Å². The first-order valence-electron chi connectivity index (χ1n) is 7.26. The Morgan fingerprint density at radius 2 is 1.36 bits per heavy atom. The average Bonchev–Trinajstić information content (AvgIpc) is 2.34. The molecule has 0 N–H and O–H groups in total. The van der Waals surface area contributed by atoms with Crippen molar-refractivity contribution in [2.75, 3.05) is 49.0 Å². The topological polar surface area (TPSA) is 36.0 Å². The van der Waals surface area contributed by atoms with E-state index in [0.717, 1.165) is 11.3 Å². The molecule has 0 aliphatic rings. The van der Waals surface area contributed by atoms with Gasteiger partial charge in [-0.2, -0.15) is 0 Å². The molecule has 7 heteroatoms. The molecule has 22 heavy (non-hydrogen) atoms. The summed E-state index contributed by atoms with van der Waals surface area (Å²) in [6.07, 6.45) is 0. The molecule has 0 rings (SSSR count). The molecule has 0 radical (unpaired) electrons. The number of carbonyl (C=O) groups excluding carboxylic acids is 1.